The van der Waals surface area contributed by atoms with Gasteiger partial charge in [0.05, 0.1) is 6.61 Å². The normalized spacial score (nSPS) is 11.8. The molecule has 0 unspecified atom stereocenters. The largest absolute Gasteiger partial charge is 0.494 e. The quantitative estimate of drug-likeness (QED) is 0.824. The van der Waals surface area contributed by atoms with Crippen LogP contribution in [0, 0.1) is 0 Å². The van der Waals surface area contributed by atoms with Crippen LogP contribution < -0.4 is 4.74 Å². The molecule has 1 aromatic carbocycles. The maximum absolute atomic E-state index is 12.3. The second kappa shape index (κ2) is 6.39. The lowest BCUT2D eigenvalue weighted by Crippen LogP contribution is -2.25. The summed E-state index contributed by atoms with van der Waals surface area (Å²) < 4.78 is 31.8. The van der Waals surface area contributed by atoms with Gasteiger partial charge in [-0.3, -0.25) is 0 Å². The summed E-state index contributed by atoms with van der Waals surface area (Å²) in [7, 11) is -1.82. The van der Waals surface area contributed by atoms with E-state index in [2.05, 4.69) is 0 Å². The van der Waals surface area contributed by atoms with Crippen molar-refractivity contribution in [3.63, 3.8) is 0 Å². The molecule has 0 aliphatic rings. The van der Waals surface area contributed by atoms with E-state index in [9.17, 15) is 8.42 Å². The van der Waals surface area contributed by atoms with E-state index >= 15 is 0 Å². The van der Waals surface area contributed by atoms with Crippen molar-refractivity contribution in [1.29, 1.82) is 0 Å². The van der Waals surface area contributed by atoms with Gasteiger partial charge in [0.1, 0.15) is 9.96 Å². The monoisotopic (exact) mass is 311 g/mol. The first-order chi connectivity index (χ1) is 9.54. The van der Waals surface area contributed by atoms with Gasteiger partial charge in [-0.2, -0.15) is 4.31 Å². The Kier molecular flexibility index (Phi) is 4.80. The van der Waals surface area contributed by atoms with Gasteiger partial charge in [-0.1, -0.05) is 18.2 Å². The minimum atomic E-state index is -3.41. The van der Waals surface area contributed by atoms with Crippen LogP contribution in [0.1, 0.15) is 12.5 Å². The third kappa shape index (κ3) is 3.39. The average molecular weight is 311 g/mol. The van der Waals surface area contributed by atoms with Gasteiger partial charge in [0, 0.05) is 13.6 Å². The molecular weight excluding hydrogens is 294 g/mol. The Morgan fingerprint density at radius 1 is 1.25 bits per heavy atom. The van der Waals surface area contributed by atoms with Crippen LogP contribution >= 0.6 is 11.3 Å². The molecule has 1 heterocycles. The Balaban J connectivity index is 2.15. The van der Waals surface area contributed by atoms with Crippen molar-refractivity contribution in [2.75, 3.05) is 13.7 Å². The predicted molar refractivity (Wildman–Crippen MR) is 80.6 cm³/mol. The second-order valence-electron chi connectivity index (χ2n) is 4.27. The molecular formula is C14H17NO3S2. The molecule has 0 N–H and O–H groups in total. The molecule has 0 aliphatic carbocycles. The van der Waals surface area contributed by atoms with E-state index in [1.165, 1.54) is 15.6 Å². The number of thiophene rings is 1. The summed E-state index contributed by atoms with van der Waals surface area (Å²) in [4.78, 5) is 0. The number of rotatable bonds is 6. The molecule has 2 rings (SSSR count). The summed E-state index contributed by atoms with van der Waals surface area (Å²) in [6.45, 7) is 2.83. The topological polar surface area (TPSA) is 46.6 Å². The third-order valence-electron chi connectivity index (χ3n) is 2.77. The number of benzene rings is 1. The zero-order valence-corrected chi connectivity index (χ0v) is 13.1. The first-order valence-electron chi connectivity index (χ1n) is 6.25. The highest BCUT2D eigenvalue weighted by molar-refractivity contribution is 7.91. The summed E-state index contributed by atoms with van der Waals surface area (Å²) in [6, 6.07) is 10.8. The van der Waals surface area contributed by atoms with Gasteiger partial charge in [0.2, 0.25) is 0 Å². The molecule has 108 valence electrons. The summed E-state index contributed by atoms with van der Waals surface area (Å²) in [5.74, 6) is 0.756. The van der Waals surface area contributed by atoms with Gasteiger partial charge in [0.25, 0.3) is 10.0 Å². The zero-order valence-electron chi connectivity index (χ0n) is 11.4. The van der Waals surface area contributed by atoms with Gasteiger partial charge >= 0.3 is 0 Å². The molecule has 0 atom stereocenters. The van der Waals surface area contributed by atoms with E-state index in [4.69, 9.17) is 4.74 Å². The number of hydrogen-bond acceptors (Lipinski definition) is 4. The van der Waals surface area contributed by atoms with Crippen LogP contribution in [0.4, 0.5) is 0 Å². The van der Waals surface area contributed by atoms with Crippen LogP contribution in [-0.2, 0) is 16.6 Å². The maximum Gasteiger partial charge on any atom is 0.252 e. The van der Waals surface area contributed by atoms with Gasteiger partial charge < -0.3 is 4.74 Å². The lowest BCUT2D eigenvalue weighted by Gasteiger charge is -2.16. The molecule has 0 fully saturated rings. The number of sulfonamides is 1. The molecule has 1 aromatic heterocycles. The van der Waals surface area contributed by atoms with Gasteiger partial charge in [-0.25, -0.2) is 8.42 Å². The van der Waals surface area contributed by atoms with Crippen molar-refractivity contribution in [3.8, 4) is 5.75 Å². The molecule has 2 aromatic rings. The SMILES string of the molecule is CCOc1cccc(CN(C)S(=O)(=O)c2cccs2)c1. The van der Waals surface area contributed by atoms with Gasteiger partial charge in [0.15, 0.2) is 0 Å². The highest BCUT2D eigenvalue weighted by atomic mass is 32.2. The lowest BCUT2D eigenvalue weighted by molar-refractivity contribution is 0.339. The van der Waals surface area contributed by atoms with Crippen LogP contribution in [0.25, 0.3) is 0 Å². The van der Waals surface area contributed by atoms with Crippen molar-refractivity contribution < 1.29 is 13.2 Å². The molecule has 0 amide bonds. The molecule has 0 saturated heterocycles. The Labute approximate surface area is 123 Å². The number of nitrogens with zero attached hydrogens (tertiary/aromatic N) is 1. The standard InChI is InChI=1S/C14H17NO3S2/c1-3-18-13-7-4-6-12(10-13)11-15(2)20(16,17)14-8-5-9-19-14/h4-10H,3,11H2,1-2H3. The van der Waals surface area contributed by atoms with E-state index < -0.39 is 10.0 Å². The number of ether oxygens (including phenoxy) is 1. The Hall–Kier alpha value is -1.37. The van der Waals surface area contributed by atoms with Crippen molar-refractivity contribution in [3.05, 3.63) is 47.3 Å². The molecule has 0 bridgehead atoms. The Morgan fingerprint density at radius 2 is 2.05 bits per heavy atom. The first-order valence-corrected chi connectivity index (χ1v) is 8.57. The third-order valence-corrected chi connectivity index (χ3v) is 5.95. The Morgan fingerprint density at radius 3 is 2.70 bits per heavy atom. The summed E-state index contributed by atoms with van der Waals surface area (Å²) in [6.07, 6.45) is 0. The van der Waals surface area contributed by atoms with Crippen LogP contribution in [0.5, 0.6) is 5.75 Å². The van der Waals surface area contributed by atoms with Crippen molar-refractivity contribution >= 4 is 21.4 Å². The van der Waals surface area contributed by atoms with Crippen LogP contribution in [0.15, 0.2) is 46.0 Å². The highest BCUT2D eigenvalue weighted by Crippen LogP contribution is 2.22. The molecule has 0 radical (unpaired) electrons. The second-order valence-corrected chi connectivity index (χ2v) is 7.49. The van der Waals surface area contributed by atoms with Crippen LogP contribution in [0.2, 0.25) is 0 Å². The molecule has 0 aliphatic heterocycles. The predicted octanol–water partition coefficient (Wildman–Crippen LogP) is 2.97. The average Bonchev–Trinajstić information content (AvgIpc) is 2.94. The maximum atomic E-state index is 12.3. The fourth-order valence-corrected chi connectivity index (χ4v) is 4.17. The van der Waals surface area contributed by atoms with E-state index in [0.717, 1.165) is 11.3 Å². The fraction of sp³-hybridized carbons (Fsp3) is 0.286. The van der Waals surface area contributed by atoms with E-state index in [1.807, 2.05) is 31.2 Å². The summed E-state index contributed by atoms with van der Waals surface area (Å²) in [5.41, 5.74) is 0.901. The van der Waals surface area contributed by atoms with Crippen molar-refractivity contribution in [2.24, 2.45) is 0 Å². The van der Waals surface area contributed by atoms with Crippen molar-refractivity contribution in [1.82, 2.24) is 4.31 Å². The lowest BCUT2D eigenvalue weighted by atomic mass is 10.2. The minimum Gasteiger partial charge on any atom is -0.494 e. The fourth-order valence-electron chi connectivity index (χ4n) is 1.81. The zero-order chi connectivity index (χ0) is 14.6. The van der Waals surface area contributed by atoms with Crippen LogP contribution in [-0.4, -0.2) is 26.4 Å². The molecule has 6 heteroatoms. The summed E-state index contributed by atoms with van der Waals surface area (Å²) >= 11 is 1.23. The first kappa shape index (κ1) is 15.0. The van der Waals surface area contributed by atoms with Gasteiger partial charge in [-0.05, 0) is 36.1 Å². The van der Waals surface area contributed by atoms with E-state index in [1.54, 1.807) is 24.6 Å². The van der Waals surface area contributed by atoms with Crippen LogP contribution in [0.3, 0.4) is 0 Å². The van der Waals surface area contributed by atoms with Crippen molar-refractivity contribution in [2.45, 2.75) is 17.7 Å². The summed E-state index contributed by atoms with van der Waals surface area (Å²) in [5, 5.41) is 1.76. The van der Waals surface area contributed by atoms with E-state index in [0.29, 0.717) is 17.4 Å². The number of hydrogen-bond donors (Lipinski definition) is 0. The highest BCUT2D eigenvalue weighted by Gasteiger charge is 2.21. The molecule has 0 saturated carbocycles. The van der Waals surface area contributed by atoms with Gasteiger partial charge in [-0.15, -0.1) is 11.3 Å². The minimum absolute atomic E-state index is 0.321. The smallest absolute Gasteiger partial charge is 0.252 e. The molecule has 0 spiro atoms. The molecule has 4 nitrogen and oxygen atoms in total. The molecule has 20 heavy (non-hydrogen) atoms. The van der Waals surface area contributed by atoms with E-state index in [-0.39, 0.29) is 0 Å². The Bertz CT molecular complexity index is 651.